The SMILES string of the molecule is CCOc1cccc(C(=O)O)c1OCCOC(C)(C)C. The van der Waals surface area contributed by atoms with Crippen LogP contribution in [-0.2, 0) is 4.74 Å². The molecule has 0 aliphatic rings. The van der Waals surface area contributed by atoms with Gasteiger partial charge in [0.2, 0.25) is 0 Å². The summed E-state index contributed by atoms with van der Waals surface area (Å²) >= 11 is 0. The zero-order valence-corrected chi connectivity index (χ0v) is 12.4. The maximum atomic E-state index is 11.2. The van der Waals surface area contributed by atoms with E-state index in [1.807, 2.05) is 27.7 Å². The van der Waals surface area contributed by atoms with Gasteiger partial charge in [-0.25, -0.2) is 4.79 Å². The van der Waals surface area contributed by atoms with E-state index in [1.54, 1.807) is 12.1 Å². The van der Waals surface area contributed by atoms with Crippen molar-refractivity contribution in [2.75, 3.05) is 19.8 Å². The molecule has 0 aromatic heterocycles. The molecule has 5 heteroatoms. The molecule has 0 spiro atoms. The van der Waals surface area contributed by atoms with Gasteiger partial charge in [-0.05, 0) is 39.8 Å². The summed E-state index contributed by atoms with van der Waals surface area (Å²) in [6.45, 7) is 8.76. The minimum Gasteiger partial charge on any atom is -0.490 e. The van der Waals surface area contributed by atoms with Gasteiger partial charge in [0.25, 0.3) is 0 Å². The monoisotopic (exact) mass is 282 g/mol. The predicted octanol–water partition coefficient (Wildman–Crippen LogP) is 2.98. The first-order chi connectivity index (χ1) is 9.35. The number of hydrogen-bond donors (Lipinski definition) is 1. The van der Waals surface area contributed by atoms with E-state index in [9.17, 15) is 9.90 Å². The summed E-state index contributed by atoms with van der Waals surface area (Å²) in [6.07, 6.45) is 0. The Hall–Kier alpha value is -1.75. The molecule has 1 aromatic rings. The molecule has 0 aliphatic carbocycles. The highest BCUT2D eigenvalue weighted by molar-refractivity contribution is 5.92. The first-order valence-electron chi connectivity index (χ1n) is 6.61. The number of hydrogen-bond acceptors (Lipinski definition) is 4. The smallest absolute Gasteiger partial charge is 0.339 e. The fourth-order valence-corrected chi connectivity index (χ4v) is 1.59. The van der Waals surface area contributed by atoms with Crippen LogP contribution < -0.4 is 9.47 Å². The molecule has 0 radical (unpaired) electrons. The molecule has 0 unspecified atom stereocenters. The number of rotatable bonds is 7. The molecule has 20 heavy (non-hydrogen) atoms. The number of benzene rings is 1. The lowest BCUT2D eigenvalue weighted by Gasteiger charge is -2.20. The summed E-state index contributed by atoms with van der Waals surface area (Å²) in [5.41, 5.74) is -0.162. The molecule has 0 fully saturated rings. The van der Waals surface area contributed by atoms with E-state index < -0.39 is 5.97 Å². The van der Waals surface area contributed by atoms with Gasteiger partial charge in [-0.15, -0.1) is 0 Å². The van der Waals surface area contributed by atoms with Gasteiger partial charge in [0.1, 0.15) is 12.2 Å². The molecule has 5 nitrogen and oxygen atoms in total. The van der Waals surface area contributed by atoms with Crippen molar-refractivity contribution in [3.8, 4) is 11.5 Å². The number of para-hydroxylation sites is 1. The molecule has 0 heterocycles. The maximum Gasteiger partial charge on any atom is 0.339 e. The Morgan fingerprint density at radius 1 is 1.20 bits per heavy atom. The molecule has 0 saturated heterocycles. The van der Waals surface area contributed by atoms with E-state index in [0.29, 0.717) is 19.0 Å². The van der Waals surface area contributed by atoms with Crippen LogP contribution in [0.15, 0.2) is 18.2 Å². The average molecular weight is 282 g/mol. The third-order valence-electron chi connectivity index (χ3n) is 2.37. The second-order valence-electron chi connectivity index (χ2n) is 5.18. The molecule has 1 aromatic carbocycles. The Morgan fingerprint density at radius 2 is 1.90 bits per heavy atom. The molecule has 0 aliphatic heterocycles. The highest BCUT2D eigenvalue weighted by Crippen LogP contribution is 2.31. The van der Waals surface area contributed by atoms with Crippen LogP contribution in [0.4, 0.5) is 0 Å². The summed E-state index contributed by atoms with van der Waals surface area (Å²) in [4.78, 5) is 11.2. The van der Waals surface area contributed by atoms with E-state index >= 15 is 0 Å². The summed E-state index contributed by atoms with van der Waals surface area (Å²) in [5, 5.41) is 9.18. The van der Waals surface area contributed by atoms with Gasteiger partial charge >= 0.3 is 5.97 Å². The van der Waals surface area contributed by atoms with Gasteiger partial charge in [0.05, 0.1) is 18.8 Å². The van der Waals surface area contributed by atoms with Crippen molar-refractivity contribution in [2.45, 2.75) is 33.3 Å². The van der Waals surface area contributed by atoms with E-state index in [0.717, 1.165) is 0 Å². The molecule has 1 N–H and O–H groups in total. The Morgan fingerprint density at radius 3 is 2.45 bits per heavy atom. The van der Waals surface area contributed by atoms with Crippen molar-refractivity contribution in [3.63, 3.8) is 0 Å². The number of carboxylic acid groups (broad SMARTS) is 1. The van der Waals surface area contributed by atoms with Crippen LogP contribution in [-0.4, -0.2) is 36.5 Å². The van der Waals surface area contributed by atoms with Crippen molar-refractivity contribution < 1.29 is 24.1 Å². The van der Waals surface area contributed by atoms with Crippen molar-refractivity contribution in [1.29, 1.82) is 0 Å². The van der Waals surface area contributed by atoms with Crippen molar-refractivity contribution in [1.82, 2.24) is 0 Å². The summed E-state index contributed by atoms with van der Waals surface area (Å²) in [6, 6.07) is 4.81. The second kappa shape index (κ2) is 7.14. The minimum absolute atomic E-state index is 0.0895. The van der Waals surface area contributed by atoms with Gasteiger partial charge in [-0.1, -0.05) is 6.07 Å². The molecule has 0 saturated carbocycles. The Labute approximate surface area is 119 Å². The fraction of sp³-hybridized carbons (Fsp3) is 0.533. The standard InChI is InChI=1S/C15H22O5/c1-5-18-12-8-6-7-11(14(16)17)13(12)19-9-10-20-15(2,3)4/h6-8H,5,9-10H2,1-4H3,(H,16,17). The topological polar surface area (TPSA) is 65.0 Å². The van der Waals surface area contributed by atoms with Crippen LogP contribution in [0.25, 0.3) is 0 Å². The zero-order chi connectivity index (χ0) is 15.2. The maximum absolute atomic E-state index is 11.2. The van der Waals surface area contributed by atoms with Crippen LogP contribution in [0.5, 0.6) is 11.5 Å². The van der Waals surface area contributed by atoms with Crippen LogP contribution in [0.3, 0.4) is 0 Å². The van der Waals surface area contributed by atoms with E-state index in [4.69, 9.17) is 14.2 Å². The predicted molar refractivity (Wildman–Crippen MR) is 75.8 cm³/mol. The number of ether oxygens (including phenoxy) is 3. The second-order valence-corrected chi connectivity index (χ2v) is 5.18. The van der Waals surface area contributed by atoms with Crippen LogP contribution >= 0.6 is 0 Å². The van der Waals surface area contributed by atoms with E-state index in [2.05, 4.69) is 0 Å². The summed E-state index contributed by atoms with van der Waals surface area (Å²) < 4.78 is 16.5. The van der Waals surface area contributed by atoms with Gasteiger partial charge in [-0.3, -0.25) is 0 Å². The first-order valence-corrected chi connectivity index (χ1v) is 6.61. The molecule has 0 bridgehead atoms. The Bertz CT molecular complexity index is 448. The fourth-order valence-electron chi connectivity index (χ4n) is 1.59. The third-order valence-corrected chi connectivity index (χ3v) is 2.37. The van der Waals surface area contributed by atoms with Gasteiger partial charge in [0, 0.05) is 0 Å². The third kappa shape index (κ3) is 5.09. The number of aromatic carboxylic acids is 1. The highest BCUT2D eigenvalue weighted by Gasteiger charge is 2.17. The Balaban J connectivity index is 2.77. The largest absolute Gasteiger partial charge is 0.490 e. The minimum atomic E-state index is -1.04. The van der Waals surface area contributed by atoms with Crippen LogP contribution in [0.2, 0.25) is 0 Å². The van der Waals surface area contributed by atoms with Gasteiger partial charge in [-0.2, -0.15) is 0 Å². The number of carboxylic acids is 1. The lowest BCUT2D eigenvalue weighted by molar-refractivity contribution is -0.0167. The highest BCUT2D eigenvalue weighted by atomic mass is 16.5. The molecule has 0 atom stereocenters. The van der Waals surface area contributed by atoms with Gasteiger partial charge in [0.15, 0.2) is 11.5 Å². The van der Waals surface area contributed by atoms with Crippen molar-refractivity contribution >= 4 is 5.97 Å². The summed E-state index contributed by atoms with van der Waals surface area (Å²) in [7, 11) is 0. The van der Waals surface area contributed by atoms with Crippen molar-refractivity contribution in [3.05, 3.63) is 23.8 Å². The normalized spacial score (nSPS) is 11.2. The van der Waals surface area contributed by atoms with E-state index in [-0.39, 0.29) is 23.5 Å². The average Bonchev–Trinajstić information content (AvgIpc) is 2.34. The lowest BCUT2D eigenvalue weighted by atomic mass is 10.2. The van der Waals surface area contributed by atoms with E-state index in [1.165, 1.54) is 6.07 Å². The summed E-state index contributed by atoms with van der Waals surface area (Å²) in [5.74, 6) is -0.360. The number of carbonyl (C=O) groups is 1. The van der Waals surface area contributed by atoms with Gasteiger partial charge < -0.3 is 19.3 Å². The molecular weight excluding hydrogens is 260 g/mol. The molecule has 1 rings (SSSR count). The first kappa shape index (κ1) is 16.3. The van der Waals surface area contributed by atoms with Crippen molar-refractivity contribution in [2.24, 2.45) is 0 Å². The molecule has 112 valence electrons. The molecular formula is C15H22O5. The quantitative estimate of drug-likeness (QED) is 0.779. The Kier molecular flexibility index (Phi) is 5.82. The van der Waals surface area contributed by atoms with Crippen LogP contribution in [0.1, 0.15) is 38.1 Å². The zero-order valence-electron chi connectivity index (χ0n) is 12.4. The molecule has 0 amide bonds. The van der Waals surface area contributed by atoms with Crippen LogP contribution in [0, 0.1) is 0 Å². The lowest BCUT2D eigenvalue weighted by Crippen LogP contribution is -2.22.